The lowest BCUT2D eigenvalue weighted by molar-refractivity contribution is -0.274. The molecule has 0 bridgehead atoms. The van der Waals surface area contributed by atoms with Crippen molar-refractivity contribution in [3.05, 3.63) is 59.7 Å². The Morgan fingerprint density at radius 3 is 2.16 bits per heavy atom. The highest BCUT2D eigenvalue weighted by Gasteiger charge is 2.31. The van der Waals surface area contributed by atoms with Crippen LogP contribution in [0.25, 0.3) is 11.3 Å². The molecule has 2 aromatic carbocycles. The summed E-state index contributed by atoms with van der Waals surface area (Å²) in [6.45, 7) is 0. The van der Waals surface area contributed by atoms with E-state index in [0.29, 0.717) is 0 Å². The van der Waals surface area contributed by atoms with Gasteiger partial charge in [-0.2, -0.15) is 4.98 Å². The maximum atomic E-state index is 13.8. The monoisotopic (exact) mass is 447 g/mol. The normalized spacial score (nSPS) is 11.2. The van der Waals surface area contributed by atoms with Gasteiger partial charge in [-0.3, -0.25) is 10.9 Å². The molecule has 0 amide bonds. The minimum Gasteiger partial charge on any atom is -0.406 e. The van der Waals surface area contributed by atoms with Gasteiger partial charge in [0.1, 0.15) is 11.4 Å². The standard InChI is InChI=1S/C18H12F7N5O/c1-26-17-27-12(8-3-2-4-9(5-8)31-18(23,24)25)7-13(28-17)29-30-16-14(21)10(19)6-11(20)15(16)22/h2-7,30H,1H3,(H2,26,27,28,29). The number of halogens is 7. The van der Waals surface area contributed by atoms with Gasteiger partial charge in [0.05, 0.1) is 5.69 Å². The van der Waals surface area contributed by atoms with E-state index in [4.69, 9.17) is 0 Å². The molecular weight excluding hydrogens is 435 g/mol. The first-order chi connectivity index (χ1) is 14.6. The molecule has 0 unspecified atom stereocenters. The highest BCUT2D eigenvalue weighted by Crippen LogP contribution is 2.29. The number of hydrogen-bond donors (Lipinski definition) is 3. The van der Waals surface area contributed by atoms with Crippen LogP contribution in [0.2, 0.25) is 0 Å². The lowest BCUT2D eigenvalue weighted by Crippen LogP contribution is -2.17. The van der Waals surface area contributed by atoms with Gasteiger partial charge in [-0.25, -0.2) is 22.5 Å². The zero-order valence-electron chi connectivity index (χ0n) is 15.4. The summed E-state index contributed by atoms with van der Waals surface area (Å²) in [5, 5.41) is 2.60. The number of anilines is 3. The van der Waals surface area contributed by atoms with Crippen LogP contribution < -0.4 is 20.9 Å². The molecule has 1 heterocycles. The van der Waals surface area contributed by atoms with Gasteiger partial charge >= 0.3 is 6.36 Å². The molecule has 31 heavy (non-hydrogen) atoms. The number of rotatable bonds is 6. The Morgan fingerprint density at radius 2 is 1.55 bits per heavy atom. The molecule has 13 heteroatoms. The third kappa shape index (κ3) is 5.24. The number of nitrogens with zero attached hydrogens (tertiary/aromatic N) is 2. The second-order valence-corrected chi connectivity index (χ2v) is 5.88. The van der Waals surface area contributed by atoms with Crippen LogP contribution in [0.4, 0.5) is 48.2 Å². The Labute approximate surface area is 170 Å². The third-order valence-electron chi connectivity index (χ3n) is 3.74. The van der Waals surface area contributed by atoms with Gasteiger partial charge in [0.15, 0.2) is 29.1 Å². The van der Waals surface area contributed by atoms with Crippen molar-refractivity contribution in [3.63, 3.8) is 0 Å². The minimum atomic E-state index is -4.90. The second-order valence-electron chi connectivity index (χ2n) is 5.88. The summed E-state index contributed by atoms with van der Waals surface area (Å²) in [5.41, 5.74) is 3.41. The van der Waals surface area contributed by atoms with Gasteiger partial charge < -0.3 is 10.1 Å². The molecule has 0 saturated carbocycles. The summed E-state index contributed by atoms with van der Waals surface area (Å²) in [5.74, 6) is -7.23. The van der Waals surface area contributed by atoms with Crippen LogP contribution in [0.1, 0.15) is 0 Å². The van der Waals surface area contributed by atoms with E-state index >= 15 is 0 Å². The number of hydrogen-bond acceptors (Lipinski definition) is 6. The zero-order valence-corrected chi connectivity index (χ0v) is 15.4. The first-order valence-electron chi connectivity index (χ1n) is 8.35. The smallest absolute Gasteiger partial charge is 0.406 e. The van der Waals surface area contributed by atoms with E-state index in [1.165, 1.54) is 25.2 Å². The highest BCUT2D eigenvalue weighted by molar-refractivity contribution is 5.66. The number of benzene rings is 2. The van der Waals surface area contributed by atoms with Crippen molar-refractivity contribution in [1.29, 1.82) is 0 Å². The summed E-state index contributed by atoms with van der Waals surface area (Å²) in [6.07, 6.45) is -4.90. The number of ether oxygens (including phenoxy) is 1. The third-order valence-corrected chi connectivity index (χ3v) is 3.74. The average Bonchev–Trinajstić information content (AvgIpc) is 2.71. The van der Waals surface area contributed by atoms with E-state index in [2.05, 4.69) is 25.4 Å². The molecule has 3 rings (SSSR count). The zero-order chi connectivity index (χ0) is 22.8. The molecular formula is C18H12F7N5O. The molecule has 3 N–H and O–H groups in total. The molecule has 6 nitrogen and oxygen atoms in total. The van der Waals surface area contributed by atoms with Gasteiger partial charge in [-0.1, -0.05) is 12.1 Å². The Balaban J connectivity index is 1.92. The topological polar surface area (TPSA) is 71.1 Å². The molecule has 0 aliphatic heterocycles. The van der Waals surface area contributed by atoms with Crippen LogP contribution in [0.15, 0.2) is 36.4 Å². The Kier molecular flexibility index (Phi) is 6.04. The van der Waals surface area contributed by atoms with E-state index in [0.717, 1.165) is 12.1 Å². The predicted molar refractivity (Wildman–Crippen MR) is 97.2 cm³/mol. The maximum absolute atomic E-state index is 13.8. The molecule has 0 atom stereocenters. The van der Waals surface area contributed by atoms with Gasteiger partial charge in [0, 0.05) is 24.7 Å². The van der Waals surface area contributed by atoms with Gasteiger partial charge in [0.2, 0.25) is 5.95 Å². The minimum absolute atomic E-state index is 0.0182. The van der Waals surface area contributed by atoms with Crippen LogP contribution in [0.5, 0.6) is 5.75 Å². The lowest BCUT2D eigenvalue weighted by atomic mass is 10.1. The molecule has 0 radical (unpaired) electrons. The number of aromatic nitrogens is 2. The first-order valence-corrected chi connectivity index (χ1v) is 8.35. The quantitative estimate of drug-likeness (QED) is 0.278. The van der Waals surface area contributed by atoms with E-state index in [1.54, 1.807) is 0 Å². The summed E-state index contributed by atoms with van der Waals surface area (Å²) < 4.78 is 95.4. The van der Waals surface area contributed by atoms with Crippen molar-refractivity contribution in [2.75, 3.05) is 23.2 Å². The van der Waals surface area contributed by atoms with Crippen molar-refractivity contribution in [2.24, 2.45) is 0 Å². The molecule has 0 aliphatic carbocycles. The van der Waals surface area contributed by atoms with Crippen molar-refractivity contribution < 1.29 is 35.5 Å². The maximum Gasteiger partial charge on any atom is 0.573 e. The Morgan fingerprint density at radius 1 is 0.871 bits per heavy atom. The number of nitrogens with one attached hydrogen (secondary N) is 3. The van der Waals surface area contributed by atoms with Crippen LogP contribution in [-0.2, 0) is 0 Å². The number of hydrazine groups is 1. The highest BCUT2D eigenvalue weighted by atomic mass is 19.4. The molecule has 164 valence electrons. The summed E-state index contributed by atoms with van der Waals surface area (Å²) in [6, 6.07) is 6.14. The fourth-order valence-corrected chi connectivity index (χ4v) is 2.43. The average molecular weight is 447 g/mol. The van der Waals surface area contributed by atoms with Crippen LogP contribution >= 0.6 is 0 Å². The van der Waals surface area contributed by atoms with Gasteiger partial charge in [-0.05, 0) is 12.1 Å². The molecule has 0 fully saturated rings. The largest absolute Gasteiger partial charge is 0.573 e. The fraction of sp³-hybridized carbons (Fsp3) is 0.111. The molecule has 1 aromatic heterocycles. The van der Waals surface area contributed by atoms with Crippen LogP contribution in [-0.4, -0.2) is 23.4 Å². The lowest BCUT2D eigenvalue weighted by Gasteiger charge is -2.14. The van der Waals surface area contributed by atoms with Crippen LogP contribution in [0, 0.1) is 23.3 Å². The van der Waals surface area contributed by atoms with Crippen molar-refractivity contribution in [3.8, 4) is 17.0 Å². The predicted octanol–water partition coefficient (Wildman–Crippen LogP) is 5.08. The Hall–Kier alpha value is -3.77. The molecule has 0 spiro atoms. The van der Waals surface area contributed by atoms with Crippen molar-refractivity contribution >= 4 is 17.5 Å². The van der Waals surface area contributed by atoms with Crippen LogP contribution in [0.3, 0.4) is 0 Å². The van der Waals surface area contributed by atoms with E-state index < -0.39 is 41.1 Å². The fourth-order valence-electron chi connectivity index (χ4n) is 2.43. The van der Waals surface area contributed by atoms with E-state index in [-0.39, 0.29) is 29.1 Å². The molecule has 0 aliphatic rings. The van der Waals surface area contributed by atoms with E-state index in [9.17, 15) is 30.7 Å². The van der Waals surface area contributed by atoms with E-state index in [1.807, 2.05) is 5.43 Å². The van der Waals surface area contributed by atoms with Crippen molar-refractivity contribution in [2.45, 2.75) is 6.36 Å². The van der Waals surface area contributed by atoms with Crippen molar-refractivity contribution in [1.82, 2.24) is 9.97 Å². The summed E-state index contributed by atoms with van der Waals surface area (Å²) >= 11 is 0. The summed E-state index contributed by atoms with van der Waals surface area (Å²) in [7, 11) is 1.45. The Bertz CT molecular complexity index is 1080. The second kappa shape index (κ2) is 8.53. The van der Waals surface area contributed by atoms with Gasteiger partial charge in [0.25, 0.3) is 0 Å². The molecule has 3 aromatic rings. The van der Waals surface area contributed by atoms with Gasteiger partial charge in [-0.15, -0.1) is 13.2 Å². The number of alkyl halides is 3. The molecule has 0 saturated heterocycles. The first kappa shape index (κ1) is 21.9. The SMILES string of the molecule is CNc1nc(NNc2c(F)c(F)cc(F)c2F)cc(-c2cccc(OC(F)(F)F)c2)n1. The summed E-state index contributed by atoms with van der Waals surface area (Å²) in [4.78, 5) is 8.02.